The predicted molar refractivity (Wildman–Crippen MR) is 74.9 cm³/mol. The first-order valence-corrected chi connectivity index (χ1v) is 7.10. The summed E-state index contributed by atoms with van der Waals surface area (Å²) < 4.78 is 1.93. The van der Waals surface area contributed by atoms with Gasteiger partial charge >= 0.3 is 0 Å². The monoisotopic (exact) mass is 264 g/mol. The molecule has 2 aromatic rings. The van der Waals surface area contributed by atoms with E-state index < -0.39 is 0 Å². The van der Waals surface area contributed by atoms with E-state index >= 15 is 0 Å². The molecule has 2 rings (SSSR count). The van der Waals surface area contributed by atoms with Crippen molar-refractivity contribution in [1.82, 2.24) is 14.8 Å². The van der Waals surface area contributed by atoms with Gasteiger partial charge in [-0.3, -0.25) is 4.68 Å². The molecule has 0 radical (unpaired) electrons. The zero-order valence-electron chi connectivity index (χ0n) is 11.3. The molecule has 0 aliphatic carbocycles. The topological polar surface area (TPSA) is 56.7 Å². The average molecular weight is 264 g/mol. The van der Waals surface area contributed by atoms with Crippen molar-refractivity contribution in [3.8, 4) is 0 Å². The lowest BCUT2D eigenvalue weighted by atomic mass is 10.2. The third kappa shape index (κ3) is 2.47. The molecule has 1 atom stereocenters. The number of thiazole rings is 1. The Morgan fingerprint density at radius 3 is 2.67 bits per heavy atom. The minimum absolute atomic E-state index is 0.165. The lowest BCUT2D eigenvalue weighted by Crippen LogP contribution is -2.11. The Labute approximate surface area is 112 Å². The molecule has 0 saturated carbocycles. The second-order valence-electron chi connectivity index (χ2n) is 4.73. The molecule has 2 N–H and O–H groups in total. The van der Waals surface area contributed by atoms with Crippen LogP contribution in [0.25, 0.3) is 0 Å². The number of hydrogen-bond donors (Lipinski definition) is 1. The van der Waals surface area contributed by atoms with Crippen molar-refractivity contribution in [2.24, 2.45) is 5.73 Å². The third-order valence-corrected chi connectivity index (χ3v) is 4.12. The maximum absolute atomic E-state index is 6.26. The molecule has 0 aliphatic heterocycles. The molecule has 0 aliphatic rings. The van der Waals surface area contributed by atoms with Gasteiger partial charge in [-0.05, 0) is 27.2 Å². The summed E-state index contributed by atoms with van der Waals surface area (Å²) in [6.07, 6.45) is 4.81. The van der Waals surface area contributed by atoms with Crippen LogP contribution < -0.4 is 5.73 Å². The number of hydrogen-bond acceptors (Lipinski definition) is 4. The summed E-state index contributed by atoms with van der Waals surface area (Å²) in [5.74, 6) is 0. The van der Waals surface area contributed by atoms with E-state index in [1.807, 2.05) is 17.1 Å². The second-order valence-corrected chi connectivity index (χ2v) is 5.97. The highest BCUT2D eigenvalue weighted by Crippen LogP contribution is 2.26. The fourth-order valence-electron chi connectivity index (χ4n) is 1.85. The van der Waals surface area contributed by atoms with Gasteiger partial charge in [0.15, 0.2) is 0 Å². The Bertz CT molecular complexity index is 527. The summed E-state index contributed by atoms with van der Waals surface area (Å²) >= 11 is 1.69. The molecule has 0 fully saturated rings. The largest absolute Gasteiger partial charge is 0.318 e. The van der Waals surface area contributed by atoms with Gasteiger partial charge in [0.2, 0.25) is 0 Å². The summed E-state index contributed by atoms with van der Waals surface area (Å²) in [7, 11) is 0. The molecule has 2 heterocycles. The van der Waals surface area contributed by atoms with Crippen LogP contribution in [-0.2, 0) is 6.42 Å². The fraction of sp³-hybridized carbons (Fsp3) is 0.538. The zero-order chi connectivity index (χ0) is 13.3. The highest BCUT2D eigenvalue weighted by Gasteiger charge is 2.17. The van der Waals surface area contributed by atoms with E-state index in [1.165, 1.54) is 4.88 Å². The highest BCUT2D eigenvalue weighted by molar-refractivity contribution is 7.11. The normalized spacial score (nSPS) is 13.2. The smallest absolute Gasteiger partial charge is 0.115 e. The van der Waals surface area contributed by atoms with Crippen LogP contribution >= 0.6 is 11.3 Å². The van der Waals surface area contributed by atoms with Crippen LogP contribution in [0.2, 0.25) is 0 Å². The molecular weight excluding hydrogens is 244 g/mol. The summed E-state index contributed by atoms with van der Waals surface area (Å²) in [5, 5.41) is 5.30. The second kappa shape index (κ2) is 5.20. The van der Waals surface area contributed by atoms with Crippen LogP contribution in [0.15, 0.2) is 12.4 Å². The predicted octanol–water partition coefficient (Wildman–Crippen LogP) is 2.84. The Morgan fingerprint density at radius 1 is 1.44 bits per heavy atom. The Balaban J connectivity index is 2.26. The first-order valence-electron chi connectivity index (χ1n) is 6.28. The van der Waals surface area contributed by atoms with Crippen molar-refractivity contribution in [2.75, 3.05) is 0 Å². The molecule has 0 aromatic carbocycles. The van der Waals surface area contributed by atoms with Crippen molar-refractivity contribution in [3.05, 3.63) is 33.5 Å². The number of aryl methyl sites for hydroxylation is 2. The molecule has 2 aromatic heterocycles. The molecule has 0 amide bonds. The standard InChI is InChI=1S/C13H20N4S/c1-5-11-9(4)18-13(16-11)12(14)10-6-15-17(7-10)8(2)3/h6-8,12H,5,14H2,1-4H3. The van der Waals surface area contributed by atoms with Gasteiger partial charge in [-0.25, -0.2) is 4.98 Å². The summed E-state index contributed by atoms with van der Waals surface area (Å²) in [4.78, 5) is 5.88. The van der Waals surface area contributed by atoms with E-state index in [4.69, 9.17) is 5.73 Å². The van der Waals surface area contributed by atoms with Gasteiger partial charge < -0.3 is 5.73 Å². The van der Waals surface area contributed by atoms with Gasteiger partial charge in [0, 0.05) is 22.7 Å². The van der Waals surface area contributed by atoms with Gasteiger partial charge in [-0.1, -0.05) is 6.92 Å². The van der Waals surface area contributed by atoms with Gasteiger partial charge in [0.1, 0.15) is 5.01 Å². The van der Waals surface area contributed by atoms with E-state index in [0.29, 0.717) is 6.04 Å². The highest BCUT2D eigenvalue weighted by atomic mass is 32.1. The lowest BCUT2D eigenvalue weighted by molar-refractivity contribution is 0.532. The van der Waals surface area contributed by atoms with E-state index in [1.54, 1.807) is 11.3 Å². The van der Waals surface area contributed by atoms with Crippen molar-refractivity contribution in [2.45, 2.75) is 46.2 Å². The summed E-state index contributed by atoms with van der Waals surface area (Å²) in [6, 6.07) is 0.191. The van der Waals surface area contributed by atoms with Crippen LogP contribution in [0.3, 0.4) is 0 Å². The quantitative estimate of drug-likeness (QED) is 0.923. The van der Waals surface area contributed by atoms with Crippen LogP contribution in [0.1, 0.15) is 54.0 Å². The summed E-state index contributed by atoms with van der Waals surface area (Å²) in [6.45, 7) is 8.43. The van der Waals surface area contributed by atoms with Gasteiger partial charge in [0.25, 0.3) is 0 Å². The maximum Gasteiger partial charge on any atom is 0.115 e. The number of aromatic nitrogens is 3. The number of nitrogens with zero attached hydrogens (tertiary/aromatic N) is 3. The average Bonchev–Trinajstić information content (AvgIpc) is 2.94. The number of rotatable bonds is 4. The number of nitrogens with two attached hydrogens (primary N) is 1. The Morgan fingerprint density at radius 2 is 2.17 bits per heavy atom. The molecule has 4 nitrogen and oxygen atoms in total. The van der Waals surface area contributed by atoms with Crippen LogP contribution in [0.4, 0.5) is 0 Å². The van der Waals surface area contributed by atoms with Crippen molar-refractivity contribution < 1.29 is 0 Å². The fourth-order valence-corrected chi connectivity index (χ4v) is 2.89. The first-order chi connectivity index (χ1) is 8.52. The van der Waals surface area contributed by atoms with E-state index in [9.17, 15) is 0 Å². The van der Waals surface area contributed by atoms with Gasteiger partial charge in [-0.15, -0.1) is 11.3 Å². The van der Waals surface area contributed by atoms with E-state index in [2.05, 4.69) is 37.8 Å². The Hall–Kier alpha value is -1.20. The molecule has 18 heavy (non-hydrogen) atoms. The van der Waals surface area contributed by atoms with E-state index in [0.717, 1.165) is 22.7 Å². The first kappa shape index (κ1) is 13.2. The van der Waals surface area contributed by atoms with Crippen LogP contribution in [0, 0.1) is 6.92 Å². The third-order valence-electron chi connectivity index (χ3n) is 3.02. The van der Waals surface area contributed by atoms with Crippen LogP contribution in [-0.4, -0.2) is 14.8 Å². The molecule has 0 spiro atoms. The minimum atomic E-state index is -0.165. The van der Waals surface area contributed by atoms with Gasteiger partial charge in [-0.2, -0.15) is 5.10 Å². The molecule has 98 valence electrons. The van der Waals surface area contributed by atoms with Crippen molar-refractivity contribution in [3.63, 3.8) is 0 Å². The van der Waals surface area contributed by atoms with Gasteiger partial charge in [0.05, 0.1) is 17.9 Å². The molecule has 1 unspecified atom stereocenters. The van der Waals surface area contributed by atoms with Crippen molar-refractivity contribution in [1.29, 1.82) is 0 Å². The Kier molecular flexibility index (Phi) is 3.82. The van der Waals surface area contributed by atoms with E-state index in [-0.39, 0.29) is 6.04 Å². The zero-order valence-corrected chi connectivity index (χ0v) is 12.2. The lowest BCUT2D eigenvalue weighted by Gasteiger charge is -2.06. The molecule has 0 saturated heterocycles. The summed E-state index contributed by atoms with van der Waals surface area (Å²) in [5.41, 5.74) is 8.44. The van der Waals surface area contributed by atoms with Crippen LogP contribution in [0.5, 0.6) is 0 Å². The molecule has 5 heteroatoms. The van der Waals surface area contributed by atoms with Crippen molar-refractivity contribution >= 4 is 11.3 Å². The SMILES string of the molecule is CCc1nc(C(N)c2cnn(C(C)C)c2)sc1C. The maximum atomic E-state index is 6.26. The molecule has 0 bridgehead atoms. The minimum Gasteiger partial charge on any atom is -0.318 e. The molecular formula is C13H20N4S.